The maximum absolute atomic E-state index is 15.3. The van der Waals surface area contributed by atoms with E-state index in [2.05, 4.69) is 14.7 Å². The van der Waals surface area contributed by atoms with Crippen LogP contribution in [0.4, 0.5) is 25.2 Å². The number of nitrogens with two attached hydrogens (primary N) is 2. The number of hydrogen-bond donors (Lipinski definition) is 2. The van der Waals surface area contributed by atoms with Gasteiger partial charge >= 0.3 is 13.3 Å². The normalized spacial score (nSPS) is 13.1. The van der Waals surface area contributed by atoms with E-state index in [1.165, 1.54) is 41.2 Å². The largest absolute Gasteiger partial charge is 0.508 e. The number of nitrogens with zero attached hydrogens (tertiary/aromatic N) is 2. The van der Waals surface area contributed by atoms with Gasteiger partial charge in [0, 0.05) is 41.2 Å². The lowest BCUT2D eigenvalue weighted by molar-refractivity contribution is 0.00578. The number of ketones is 2. The van der Waals surface area contributed by atoms with Crippen molar-refractivity contribution in [3.63, 3.8) is 0 Å². The highest BCUT2D eigenvalue weighted by atomic mass is 35.5. The van der Waals surface area contributed by atoms with E-state index in [0.717, 1.165) is 16.7 Å². The summed E-state index contributed by atoms with van der Waals surface area (Å²) in [6.07, 6.45) is 2.56. The van der Waals surface area contributed by atoms with Gasteiger partial charge < -0.3 is 39.7 Å². The minimum Gasteiger partial charge on any atom is -0.496 e. The van der Waals surface area contributed by atoms with Crippen molar-refractivity contribution in [1.82, 2.24) is 9.97 Å². The van der Waals surface area contributed by atoms with Crippen molar-refractivity contribution in [2.75, 3.05) is 32.8 Å². The summed E-state index contributed by atoms with van der Waals surface area (Å²) in [7, 11) is 3.79. The summed E-state index contributed by atoms with van der Waals surface area (Å²) in [6, 6.07) is 27.5. The van der Waals surface area contributed by atoms with Gasteiger partial charge in [-0.1, -0.05) is 54.6 Å². The van der Waals surface area contributed by atoms with Gasteiger partial charge in [-0.25, -0.2) is 23.5 Å². The molecule has 0 unspecified atom stereocenters. The van der Waals surface area contributed by atoms with Crippen molar-refractivity contribution in [3.05, 3.63) is 149 Å². The minimum atomic E-state index is -0.898. The molecular formula is C50H54BClF2N4O9. The van der Waals surface area contributed by atoms with Crippen LogP contribution in [0.3, 0.4) is 0 Å². The van der Waals surface area contributed by atoms with Gasteiger partial charge in [-0.05, 0) is 112 Å². The van der Waals surface area contributed by atoms with E-state index in [0.29, 0.717) is 51.3 Å². The zero-order valence-electron chi connectivity index (χ0n) is 38.8. The predicted molar refractivity (Wildman–Crippen MR) is 257 cm³/mol. The number of ether oxygens (including phenoxy) is 4. The fourth-order valence-electron chi connectivity index (χ4n) is 6.62. The Morgan fingerprint density at radius 3 is 1.58 bits per heavy atom. The first-order valence-electron chi connectivity index (χ1n) is 20.7. The first-order valence-corrected chi connectivity index (χ1v) is 20.7. The molecule has 5 aromatic carbocycles. The monoisotopic (exact) mass is 938 g/mol. The highest BCUT2D eigenvalue weighted by Gasteiger charge is 2.51. The fraction of sp³-hybridized carbons (Fsp3) is 0.260. The van der Waals surface area contributed by atoms with Crippen LogP contribution in [-0.2, 0) is 31.8 Å². The van der Waals surface area contributed by atoms with Crippen molar-refractivity contribution < 1.29 is 51.4 Å². The third-order valence-electron chi connectivity index (χ3n) is 11.0. The number of rotatable bonds is 11. The lowest BCUT2D eigenvalue weighted by atomic mass is 9.79. The van der Waals surface area contributed by atoms with Crippen LogP contribution in [-0.4, -0.2) is 67.3 Å². The number of Topliss-reactive ketones (excluding diaryl/α,β-unsaturated/α-hetero) is 2. The summed E-state index contributed by atoms with van der Waals surface area (Å²) >= 11 is 0. The second-order valence-electron chi connectivity index (χ2n) is 16.1. The standard InChI is InChI=1S/C20H18FN3O2.C18H17FO5.C12H18BNO2.ClH/c1-12(25)14-4-3-5-15(9-14)18-17(26-2)7-6-16(19(18)21)8-13-10-23-20(22)24-11-13;1-11(20)12-5-4-6-13(9-12)16-15(22-2)8-7-14(17(16)19)10-24-18(21)23-3;1-11(2)12(3,4)16-13(15-11)9-5-7-10(14)8-6-9;/h3-7,9-11H,8H2,1-2H3,(H2,22,23,24);4-9H,10H2,1-3H3;5-8H,14H2,1-4H3;1H. The van der Waals surface area contributed by atoms with Crippen LogP contribution in [0.2, 0.25) is 0 Å². The third-order valence-corrected chi connectivity index (χ3v) is 11.0. The van der Waals surface area contributed by atoms with Crippen molar-refractivity contribution in [3.8, 4) is 33.8 Å². The highest BCUT2D eigenvalue weighted by Crippen LogP contribution is 2.38. The van der Waals surface area contributed by atoms with E-state index in [4.69, 9.17) is 35.0 Å². The second-order valence-corrected chi connectivity index (χ2v) is 16.1. The molecule has 0 saturated carbocycles. The molecule has 0 aliphatic carbocycles. The molecule has 352 valence electrons. The Balaban J connectivity index is 0.000000224. The van der Waals surface area contributed by atoms with Crippen molar-refractivity contribution in [2.45, 2.75) is 65.8 Å². The summed E-state index contributed by atoms with van der Waals surface area (Å²) in [4.78, 5) is 42.1. The smallest absolute Gasteiger partial charge is 0.496 e. The number of nitrogen functional groups attached to an aromatic ring is 2. The minimum absolute atomic E-state index is 0. The molecule has 1 fully saturated rings. The number of methoxy groups -OCH3 is 3. The van der Waals surface area contributed by atoms with Crippen LogP contribution < -0.4 is 26.4 Å². The Kier molecular flexibility index (Phi) is 18.1. The van der Waals surface area contributed by atoms with Gasteiger partial charge in [-0.3, -0.25) is 9.59 Å². The number of halogens is 3. The van der Waals surface area contributed by atoms with E-state index in [-0.39, 0.29) is 66.0 Å². The molecule has 0 bridgehead atoms. The fourth-order valence-corrected chi connectivity index (χ4v) is 6.62. The predicted octanol–water partition coefficient (Wildman–Crippen LogP) is 9.64. The Morgan fingerprint density at radius 2 is 1.13 bits per heavy atom. The lowest BCUT2D eigenvalue weighted by Crippen LogP contribution is -2.41. The molecule has 13 nitrogen and oxygen atoms in total. The maximum Gasteiger partial charge on any atom is 0.508 e. The van der Waals surface area contributed by atoms with Crippen molar-refractivity contribution in [1.29, 1.82) is 0 Å². The number of carbonyl (C=O) groups excluding carboxylic acids is 3. The molecule has 1 aliphatic rings. The molecule has 1 saturated heterocycles. The molecule has 6 aromatic rings. The molecule has 0 radical (unpaired) electrons. The van der Waals surface area contributed by atoms with Crippen LogP contribution in [0.15, 0.2) is 109 Å². The first-order chi connectivity index (χ1) is 31.3. The first kappa shape index (κ1) is 52.7. The average Bonchev–Trinajstić information content (AvgIpc) is 3.52. The zero-order valence-corrected chi connectivity index (χ0v) is 39.6. The lowest BCUT2D eigenvalue weighted by Gasteiger charge is -2.32. The van der Waals surface area contributed by atoms with Gasteiger partial charge in [0.15, 0.2) is 11.6 Å². The van der Waals surface area contributed by atoms with Crippen LogP contribution in [0.5, 0.6) is 11.5 Å². The molecule has 67 heavy (non-hydrogen) atoms. The highest BCUT2D eigenvalue weighted by molar-refractivity contribution is 6.62. The van der Waals surface area contributed by atoms with Gasteiger partial charge in [-0.2, -0.15) is 0 Å². The number of hydrogen-bond acceptors (Lipinski definition) is 13. The van der Waals surface area contributed by atoms with Gasteiger partial charge in [0.25, 0.3) is 0 Å². The molecule has 17 heteroatoms. The molecule has 0 amide bonds. The number of aromatic nitrogens is 2. The summed E-state index contributed by atoms with van der Waals surface area (Å²) in [6.45, 7) is 10.8. The Bertz CT molecular complexity index is 2670. The molecule has 1 aromatic heterocycles. The summed E-state index contributed by atoms with van der Waals surface area (Å²) < 4.78 is 61.7. The van der Waals surface area contributed by atoms with Crippen molar-refractivity contribution >= 4 is 54.3 Å². The van der Waals surface area contributed by atoms with Crippen LogP contribution in [0, 0.1) is 11.6 Å². The third kappa shape index (κ3) is 13.2. The topological polar surface area (TPSA) is 184 Å². The van der Waals surface area contributed by atoms with Crippen molar-refractivity contribution in [2.24, 2.45) is 0 Å². The Labute approximate surface area is 395 Å². The molecule has 0 atom stereocenters. The van der Waals surface area contributed by atoms with Gasteiger partial charge in [0.2, 0.25) is 5.95 Å². The molecule has 7 rings (SSSR count). The average molecular weight is 939 g/mol. The van der Waals surface area contributed by atoms with Crippen LogP contribution >= 0.6 is 12.4 Å². The van der Waals surface area contributed by atoms with Crippen LogP contribution in [0.25, 0.3) is 22.3 Å². The maximum atomic E-state index is 15.3. The number of benzene rings is 5. The van der Waals surface area contributed by atoms with Gasteiger partial charge in [-0.15, -0.1) is 12.4 Å². The quantitative estimate of drug-likeness (QED) is 0.0542. The molecule has 0 spiro atoms. The van der Waals surface area contributed by atoms with E-state index in [1.54, 1.807) is 79.1 Å². The SMILES string of the molecule is CC1(C)OB(c2ccc(N)cc2)OC1(C)C.COC(=O)OCc1ccc(OC)c(-c2cccc(C(C)=O)c2)c1F.COc1ccc(Cc2cnc(N)nc2)c(F)c1-c1cccc(C(C)=O)c1.Cl. The van der Waals surface area contributed by atoms with Crippen LogP contribution in [0.1, 0.15) is 78.9 Å². The van der Waals surface area contributed by atoms with E-state index < -0.39 is 17.8 Å². The van der Waals surface area contributed by atoms with E-state index in [9.17, 15) is 18.8 Å². The van der Waals surface area contributed by atoms with Gasteiger partial charge in [0.05, 0.1) is 43.7 Å². The molecule has 1 aliphatic heterocycles. The van der Waals surface area contributed by atoms with E-state index in [1.807, 2.05) is 52.0 Å². The summed E-state index contributed by atoms with van der Waals surface area (Å²) in [5, 5.41) is 0. The molecular weight excluding hydrogens is 885 g/mol. The number of carbonyl (C=O) groups is 3. The summed E-state index contributed by atoms with van der Waals surface area (Å²) in [5.41, 5.74) is 16.3. The Hall–Kier alpha value is -6.88. The van der Waals surface area contributed by atoms with Gasteiger partial charge in [0.1, 0.15) is 29.7 Å². The molecule has 2 heterocycles. The Morgan fingerprint density at radius 1 is 0.672 bits per heavy atom. The second kappa shape index (κ2) is 23.0. The summed E-state index contributed by atoms with van der Waals surface area (Å²) in [5.74, 6) is -0.301. The molecule has 4 N–H and O–H groups in total. The zero-order chi connectivity index (χ0) is 48.3. The van der Waals surface area contributed by atoms with E-state index >= 15 is 4.39 Å². The number of anilines is 2.